The molecule has 10 heteroatoms. The molecule has 0 saturated carbocycles. The summed E-state index contributed by atoms with van der Waals surface area (Å²) in [7, 11) is -7.40. The van der Waals surface area contributed by atoms with E-state index in [1.54, 1.807) is 12.4 Å². The van der Waals surface area contributed by atoms with Crippen LogP contribution in [-0.2, 0) is 24.8 Å². The Hall–Kier alpha value is -1.85. The zero-order valence-electron chi connectivity index (χ0n) is 15.8. The summed E-state index contributed by atoms with van der Waals surface area (Å²) >= 11 is 0. The van der Waals surface area contributed by atoms with Crippen molar-refractivity contribution in [2.24, 2.45) is 0 Å². The third-order valence-electron chi connectivity index (χ3n) is 5.33. The van der Waals surface area contributed by atoms with Gasteiger partial charge in [0.2, 0.25) is 20.0 Å². The Bertz CT molecular complexity index is 1050. The van der Waals surface area contributed by atoms with Crippen molar-refractivity contribution < 1.29 is 21.6 Å². The fraction of sp³-hybridized carbons (Fsp3) is 0.421. The van der Waals surface area contributed by atoms with E-state index in [0.29, 0.717) is 32.8 Å². The number of hydrogen-bond acceptors (Lipinski definition) is 6. The molecular weight excluding hydrogens is 414 g/mol. The van der Waals surface area contributed by atoms with E-state index >= 15 is 0 Å². The number of ether oxygens (including phenoxy) is 1. The van der Waals surface area contributed by atoms with Crippen LogP contribution in [0.15, 0.2) is 58.6 Å². The molecule has 0 aliphatic carbocycles. The first-order chi connectivity index (χ1) is 13.9. The van der Waals surface area contributed by atoms with E-state index in [-0.39, 0.29) is 15.8 Å². The number of aromatic nitrogens is 1. The molecule has 3 heterocycles. The van der Waals surface area contributed by atoms with Gasteiger partial charge in [0.25, 0.3) is 0 Å². The Morgan fingerprint density at radius 1 is 0.828 bits per heavy atom. The average molecular weight is 438 g/mol. The lowest BCUT2D eigenvalue weighted by molar-refractivity contribution is 0.0730. The van der Waals surface area contributed by atoms with Gasteiger partial charge in [-0.1, -0.05) is 0 Å². The Kier molecular flexibility index (Phi) is 5.71. The highest BCUT2D eigenvalue weighted by atomic mass is 32.2. The molecule has 2 aromatic rings. The highest BCUT2D eigenvalue weighted by Gasteiger charge is 2.36. The predicted molar refractivity (Wildman–Crippen MR) is 106 cm³/mol. The third-order valence-corrected chi connectivity index (χ3v) is 9.17. The summed E-state index contributed by atoms with van der Waals surface area (Å²) in [4.78, 5) is 4.18. The van der Waals surface area contributed by atoms with E-state index in [0.717, 1.165) is 18.4 Å². The minimum Gasteiger partial charge on any atom is -0.379 e. The highest BCUT2D eigenvalue weighted by Crippen LogP contribution is 2.36. The summed E-state index contributed by atoms with van der Waals surface area (Å²) in [5.74, 6) is 0. The van der Waals surface area contributed by atoms with Crippen LogP contribution in [0.2, 0.25) is 0 Å². The van der Waals surface area contributed by atoms with Crippen molar-refractivity contribution >= 4 is 20.0 Å². The van der Waals surface area contributed by atoms with Gasteiger partial charge < -0.3 is 4.74 Å². The van der Waals surface area contributed by atoms with Gasteiger partial charge in [0.1, 0.15) is 0 Å². The molecule has 1 aromatic carbocycles. The van der Waals surface area contributed by atoms with Crippen LogP contribution in [0.5, 0.6) is 0 Å². The second-order valence-corrected chi connectivity index (χ2v) is 10.9. The normalized spacial score (nSPS) is 22.0. The van der Waals surface area contributed by atoms with Crippen LogP contribution in [-0.4, -0.2) is 63.3 Å². The molecule has 0 amide bonds. The van der Waals surface area contributed by atoms with E-state index < -0.39 is 20.0 Å². The van der Waals surface area contributed by atoms with Crippen molar-refractivity contribution in [1.29, 1.82) is 0 Å². The first kappa shape index (κ1) is 20.4. The Morgan fingerprint density at radius 3 is 2.03 bits per heavy atom. The largest absolute Gasteiger partial charge is 0.379 e. The van der Waals surface area contributed by atoms with Gasteiger partial charge in [0.15, 0.2) is 0 Å². The van der Waals surface area contributed by atoms with Crippen LogP contribution in [0.4, 0.5) is 0 Å². The molecule has 2 aliphatic heterocycles. The van der Waals surface area contributed by atoms with E-state index in [4.69, 9.17) is 4.74 Å². The lowest BCUT2D eigenvalue weighted by Crippen LogP contribution is -2.40. The number of morpholine rings is 1. The summed E-state index contributed by atoms with van der Waals surface area (Å²) in [5, 5.41) is 0. The summed E-state index contributed by atoms with van der Waals surface area (Å²) in [6, 6.07) is 8.92. The quantitative estimate of drug-likeness (QED) is 0.705. The molecule has 2 fully saturated rings. The van der Waals surface area contributed by atoms with Gasteiger partial charge in [0, 0.05) is 32.0 Å². The smallest absolute Gasteiger partial charge is 0.243 e. The number of benzene rings is 1. The maximum Gasteiger partial charge on any atom is 0.243 e. The zero-order chi connectivity index (χ0) is 20.5. The first-order valence-corrected chi connectivity index (χ1v) is 12.4. The average Bonchev–Trinajstić information content (AvgIpc) is 3.26. The van der Waals surface area contributed by atoms with Crippen LogP contribution in [0, 0.1) is 0 Å². The van der Waals surface area contributed by atoms with Crippen molar-refractivity contribution in [2.45, 2.75) is 28.7 Å². The van der Waals surface area contributed by atoms with Gasteiger partial charge in [0.05, 0.1) is 29.0 Å². The van der Waals surface area contributed by atoms with Gasteiger partial charge in [-0.15, -0.1) is 0 Å². The Balaban J connectivity index is 1.59. The molecule has 1 aromatic heterocycles. The monoisotopic (exact) mass is 437 g/mol. The Morgan fingerprint density at radius 2 is 1.41 bits per heavy atom. The summed E-state index contributed by atoms with van der Waals surface area (Å²) in [5.41, 5.74) is 0.910. The summed E-state index contributed by atoms with van der Waals surface area (Å²) in [6.07, 6.45) is 4.83. The topological polar surface area (TPSA) is 96.9 Å². The second-order valence-electron chi connectivity index (χ2n) is 7.04. The number of rotatable bonds is 5. The number of sulfonamides is 2. The first-order valence-electron chi connectivity index (χ1n) is 9.50. The highest BCUT2D eigenvalue weighted by molar-refractivity contribution is 7.89. The minimum absolute atomic E-state index is 0.0884. The van der Waals surface area contributed by atoms with Gasteiger partial charge >= 0.3 is 0 Å². The number of nitrogens with zero attached hydrogens (tertiary/aromatic N) is 3. The lowest BCUT2D eigenvalue weighted by atomic mass is 10.1. The maximum absolute atomic E-state index is 13.2. The minimum atomic E-state index is -3.74. The molecular formula is C19H23N3O5S2. The van der Waals surface area contributed by atoms with Gasteiger partial charge in [-0.3, -0.25) is 4.98 Å². The maximum atomic E-state index is 13.2. The fourth-order valence-corrected chi connectivity index (χ4v) is 6.89. The van der Waals surface area contributed by atoms with Crippen LogP contribution in [0.1, 0.15) is 24.4 Å². The molecule has 1 atom stereocenters. The fourth-order valence-electron chi connectivity index (χ4n) is 3.80. The number of hydrogen-bond donors (Lipinski definition) is 0. The van der Waals surface area contributed by atoms with Crippen LogP contribution >= 0.6 is 0 Å². The lowest BCUT2D eigenvalue weighted by Gasteiger charge is -2.26. The number of pyridine rings is 1. The molecule has 8 nitrogen and oxygen atoms in total. The van der Waals surface area contributed by atoms with Crippen molar-refractivity contribution in [2.75, 3.05) is 32.8 Å². The zero-order valence-corrected chi connectivity index (χ0v) is 17.5. The second kappa shape index (κ2) is 8.11. The molecule has 2 aliphatic rings. The molecule has 156 valence electrons. The molecule has 0 spiro atoms. The molecule has 0 unspecified atom stereocenters. The van der Waals surface area contributed by atoms with Crippen molar-refractivity contribution in [3.05, 3.63) is 54.4 Å². The van der Waals surface area contributed by atoms with Gasteiger partial charge in [-0.25, -0.2) is 16.8 Å². The molecule has 0 radical (unpaired) electrons. The molecule has 29 heavy (non-hydrogen) atoms. The van der Waals surface area contributed by atoms with Crippen LogP contribution in [0.25, 0.3) is 0 Å². The van der Waals surface area contributed by atoms with Crippen molar-refractivity contribution in [3.63, 3.8) is 0 Å². The molecule has 2 saturated heterocycles. The van der Waals surface area contributed by atoms with E-state index in [1.807, 2.05) is 12.1 Å². The molecule has 4 rings (SSSR count). The third kappa shape index (κ3) is 3.95. The van der Waals surface area contributed by atoms with E-state index in [2.05, 4.69) is 4.98 Å². The van der Waals surface area contributed by atoms with Gasteiger partial charge in [-0.2, -0.15) is 8.61 Å². The SMILES string of the molecule is O=S(=O)(c1ccc(S(=O)(=O)N2CCC[C@@H]2c2ccncc2)cc1)N1CCOCC1. The summed E-state index contributed by atoms with van der Waals surface area (Å²) < 4.78 is 60.0. The summed E-state index contributed by atoms with van der Waals surface area (Å²) in [6.45, 7) is 1.74. The van der Waals surface area contributed by atoms with Crippen LogP contribution in [0.3, 0.4) is 0 Å². The predicted octanol–water partition coefficient (Wildman–Crippen LogP) is 1.63. The van der Waals surface area contributed by atoms with Crippen LogP contribution < -0.4 is 0 Å². The Labute approximate surface area is 171 Å². The molecule has 0 N–H and O–H groups in total. The molecule has 0 bridgehead atoms. The van der Waals surface area contributed by atoms with E-state index in [1.165, 1.54) is 32.9 Å². The standard InChI is InChI=1S/C19H23N3O5S2/c23-28(24,21-12-14-27-15-13-21)17-3-5-18(6-4-17)29(25,26)22-11-1-2-19(22)16-7-9-20-10-8-16/h3-10,19H,1-2,11-15H2/t19-/m1/s1. The van der Waals surface area contributed by atoms with Crippen molar-refractivity contribution in [1.82, 2.24) is 13.6 Å². The van der Waals surface area contributed by atoms with Crippen molar-refractivity contribution in [3.8, 4) is 0 Å². The van der Waals surface area contributed by atoms with E-state index in [9.17, 15) is 16.8 Å². The van der Waals surface area contributed by atoms with Gasteiger partial charge in [-0.05, 0) is 54.8 Å².